The minimum absolute atomic E-state index is 0.249. The minimum Gasteiger partial charge on any atom is -0.263 e. The Morgan fingerprint density at radius 2 is 1.87 bits per heavy atom. The van der Waals surface area contributed by atoms with Crippen LogP contribution >= 0.6 is 0 Å². The third-order valence-corrected chi connectivity index (χ3v) is 3.96. The van der Waals surface area contributed by atoms with Gasteiger partial charge in [-0.25, -0.2) is 12.7 Å². The Labute approximate surface area is 91.0 Å². The summed E-state index contributed by atoms with van der Waals surface area (Å²) in [6.07, 6.45) is 3.07. The fourth-order valence-corrected chi connectivity index (χ4v) is 2.00. The Bertz CT molecular complexity index is 438. The van der Waals surface area contributed by atoms with Gasteiger partial charge >= 0.3 is 0 Å². The second-order valence-corrected chi connectivity index (χ2v) is 6.05. The van der Waals surface area contributed by atoms with Gasteiger partial charge in [-0.15, -0.1) is 0 Å². The van der Waals surface area contributed by atoms with Gasteiger partial charge in [-0.2, -0.15) is 0 Å². The first-order chi connectivity index (χ1) is 6.85. The van der Waals surface area contributed by atoms with E-state index in [1.165, 1.54) is 24.6 Å². The van der Waals surface area contributed by atoms with Crippen LogP contribution < -0.4 is 0 Å². The molecule has 15 heavy (non-hydrogen) atoms. The lowest BCUT2D eigenvalue weighted by atomic mass is 10.1. The van der Waals surface area contributed by atoms with E-state index in [0.717, 1.165) is 5.56 Å². The van der Waals surface area contributed by atoms with E-state index in [4.69, 9.17) is 0 Å². The van der Waals surface area contributed by atoms with Gasteiger partial charge in [-0.3, -0.25) is 4.98 Å². The molecule has 0 aliphatic heterocycles. The van der Waals surface area contributed by atoms with Gasteiger partial charge in [0.25, 0.3) is 0 Å². The molecule has 0 radical (unpaired) electrons. The second-order valence-electron chi connectivity index (χ2n) is 3.90. The SMILES string of the molecule is CC(C)c1cncc(S(=O)(=O)N(C)C)c1. The number of hydrogen-bond donors (Lipinski definition) is 0. The predicted octanol–water partition coefficient (Wildman–Crippen LogP) is 1.46. The molecule has 0 spiro atoms. The fraction of sp³-hybridized carbons (Fsp3) is 0.500. The van der Waals surface area contributed by atoms with Crippen molar-refractivity contribution < 1.29 is 8.42 Å². The summed E-state index contributed by atoms with van der Waals surface area (Å²) in [7, 11) is -0.340. The molecule has 0 N–H and O–H groups in total. The molecule has 0 saturated carbocycles. The molecular formula is C10H16N2O2S. The maximum absolute atomic E-state index is 11.8. The number of aromatic nitrogens is 1. The maximum Gasteiger partial charge on any atom is 0.244 e. The van der Waals surface area contributed by atoms with E-state index >= 15 is 0 Å². The largest absolute Gasteiger partial charge is 0.263 e. The summed E-state index contributed by atoms with van der Waals surface area (Å²) in [6, 6.07) is 1.67. The third-order valence-electron chi connectivity index (χ3n) is 2.18. The van der Waals surface area contributed by atoms with Gasteiger partial charge in [0, 0.05) is 26.5 Å². The Morgan fingerprint density at radius 1 is 1.27 bits per heavy atom. The molecule has 0 unspecified atom stereocenters. The molecule has 1 rings (SSSR count). The molecule has 0 atom stereocenters. The van der Waals surface area contributed by atoms with Crippen LogP contribution in [-0.4, -0.2) is 31.8 Å². The van der Waals surface area contributed by atoms with Crippen molar-refractivity contribution in [2.24, 2.45) is 0 Å². The third kappa shape index (κ3) is 2.54. The highest BCUT2D eigenvalue weighted by molar-refractivity contribution is 7.89. The van der Waals surface area contributed by atoms with Crippen LogP contribution in [-0.2, 0) is 10.0 Å². The van der Waals surface area contributed by atoms with Gasteiger partial charge in [0.15, 0.2) is 0 Å². The molecule has 1 heterocycles. The zero-order valence-corrected chi connectivity index (χ0v) is 10.2. The van der Waals surface area contributed by atoms with Gasteiger partial charge in [-0.05, 0) is 17.5 Å². The second kappa shape index (κ2) is 4.28. The first-order valence-electron chi connectivity index (χ1n) is 4.73. The van der Waals surface area contributed by atoms with Crippen molar-refractivity contribution in [3.63, 3.8) is 0 Å². The zero-order chi connectivity index (χ0) is 11.6. The summed E-state index contributed by atoms with van der Waals surface area (Å²) < 4.78 is 24.8. The molecule has 0 fully saturated rings. The number of pyridine rings is 1. The van der Waals surface area contributed by atoms with Crippen LogP contribution in [0.1, 0.15) is 25.3 Å². The van der Waals surface area contributed by atoms with Crippen molar-refractivity contribution in [3.05, 3.63) is 24.0 Å². The summed E-state index contributed by atoms with van der Waals surface area (Å²) in [4.78, 5) is 4.20. The lowest BCUT2D eigenvalue weighted by molar-refractivity contribution is 0.520. The van der Waals surface area contributed by atoms with Crippen LogP contribution in [0.4, 0.5) is 0 Å². The van der Waals surface area contributed by atoms with Crippen molar-refractivity contribution in [3.8, 4) is 0 Å². The van der Waals surface area contributed by atoms with E-state index in [-0.39, 0.29) is 10.8 Å². The molecule has 0 aliphatic rings. The van der Waals surface area contributed by atoms with Crippen molar-refractivity contribution in [2.75, 3.05) is 14.1 Å². The summed E-state index contributed by atoms with van der Waals surface area (Å²) in [6.45, 7) is 4.01. The molecule has 1 aromatic heterocycles. The van der Waals surface area contributed by atoms with Gasteiger partial charge < -0.3 is 0 Å². The van der Waals surface area contributed by atoms with Crippen LogP contribution in [0.2, 0.25) is 0 Å². The molecule has 0 saturated heterocycles. The normalized spacial score (nSPS) is 12.4. The first-order valence-corrected chi connectivity index (χ1v) is 6.17. The van der Waals surface area contributed by atoms with Crippen LogP contribution in [0.25, 0.3) is 0 Å². The highest BCUT2D eigenvalue weighted by atomic mass is 32.2. The van der Waals surface area contributed by atoms with Crippen molar-refractivity contribution in [1.82, 2.24) is 9.29 Å². The van der Waals surface area contributed by atoms with E-state index < -0.39 is 10.0 Å². The molecule has 0 aliphatic carbocycles. The topological polar surface area (TPSA) is 50.3 Å². The van der Waals surface area contributed by atoms with E-state index in [2.05, 4.69) is 4.98 Å². The summed E-state index contributed by atoms with van der Waals surface area (Å²) >= 11 is 0. The molecule has 4 nitrogen and oxygen atoms in total. The quantitative estimate of drug-likeness (QED) is 0.787. The zero-order valence-electron chi connectivity index (χ0n) is 9.43. The van der Waals surface area contributed by atoms with Crippen molar-refractivity contribution >= 4 is 10.0 Å². The van der Waals surface area contributed by atoms with Crippen molar-refractivity contribution in [1.29, 1.82) is 0 Å². The minimum atomic E-state index is -3.36. The lowest BCUT2D eigenvalue weighted by Gasteiger charge is -2.12. The first kappa shape index (κ1) is 12.1. The van der Waals surface area contributed by atoms with E-state index in [9.17, 15) is 8.42 Å². The van der Waals surface area contributed by atoms with Gasteiger partial charge in [0.1, 0.15) is 4.90 Å². The van der Waals surface area contributed by atoms with Gasteiger partial charge in [-0.1, -0.05) is 13.8 Å². The monoisotopic (exact) mass is 228 g/mol. The number of rotatable bonds is 3. The molecule has 0 aromatic carbocycles. The Hall–Kier alpha value is -0.940. The lowest BCUT2D eigenvalue weighted by Crippen LogP contribution is -2.22. The molecule has 5 heteroatoms. The number of nitrogens with zero attached hydrogens (tertiary/aromatic N) is 2. The highest BCUT2D eigenvalue weighted by Gasteiger charge is 2.18. The van der Waals surface area contributed by atoms with E-state index in [1.54, 1.807) is 12.3 Å². The van der Waals surface area contributed by atoms with Gasteiger partial charge in [0.05, 0.1) is 0 Å². The van der Waals surface area contributed by atoms with Gasteiger partial charge in [0.2, 0.25) is 10.0 Å². The molecule has 0 amide bonds. The van der Waals surface area contributed by atoms with Crippen molar-refractivity contribution in [2.45, 2.75) is 24.7 Å². The average Bonchev–Trinajstić information content (AvgIpc) is 2.17. The number of sulfonamides is 1. The number of hydrogen-bond acceptors (Lipinski definition) is 3. The predicted molar refractivity (Wildman–Crippen MR) is 59.2 cm³/mol. The van der Waals surface area contributed by atoms with Crippen LogP contribution in [0.5, 0.6) is 0 Å². The van der Waals surface area contributed by atoms with Crippen LogP contribution in [0.15, 0.2) is 23.4 Å². The van der Waals surface area contributed by atoms with E-state index in [1.807, 2.05) is 13.8 Å². The maximum atomic E-state index is 11.8. The summed E-state index contributed by atoms with van der Waals surface area (Å²) in [5.74, 6) is 0.273. The average molecular weight is 228 g/mol. The molecule has 84 valence electrons. The van der Waals surface area contributed by atoms with Crippen LogP contribution in [0, 0.1) is 0 Å². The highest BCUT2D eigenvalue weighted by Crippen LogP contribution is 2.18. The Kier molecular flexibility index (Phi) is 3.46. The van der Waals surface area contributed by atoms with E-state index in [0.29, 0.717) is 0 Å². The standard InChI is InChI=1S/C10H16N2O2S/c1-8(2)9-5-10(7-11-6-9)15(13,14)12(3)4/h5-8H,1-4H3. The molecular weight excluding hydrogens is 212 g/mol. The molecule has 1 aromatic rings. The Balaban J connectivity index is 3.23. The smallest absolute Gasteiger partial charge is 0.244 e. The molecule has 0 bridgehead atoms. The fourth-order valence-electron chi connectivity index (χ4n) is 1.10. The Morgan fingerprint density at radius 3 is 2.33 bits per heavy atom. The summed E-state index contributed by atoms with van der Waals surface area (Å²) in [5, 5.41) is 0. The van der Waals surface area contributed by atoms with Crippen LogP contribution in [0.3, 0.4) is 0 Å². The summed E-state index contributed by atoms with van der Waals surface area (Å²) in [5.41, 5.74) is 0.929.